The lowest BCUT2D eigenvalue weighted by Gasteiger charge is -2.07. The molecule has 0 atom stereocenters. The van der Waals surface area contributed by atoms with Crippen molar-refractivity contribution in [3.63, 3.8) is 0 Å². The van der Waals surface area contributed by atoms with E-state index in [1.165, 1.54) is 17.8 Å². The Hall–Kier alpha value is -3.42. The summed E-state index contributed by atoms with van der Waals surface area (Å²) in [5.41, 5.74) is 1.59. The molecule has 4 heterocycles. The van der Waals surface area contributed by atoms with E-state index in [0.29, 0.717) is 40.8 Å². The Balaban J connectivity index is 1.82. The van der Waals surface area contributed by atoms with E-state index in [9.17, 15) is 9.59 Å². The number of pyridine rings is 1. The summed E-state index contributed by atoms with van der Waals surface area (Å²) in [4.78, 5) is 29.0. The van der Waals surface area contributed by atoms with Crippen molar-refractivity contribution >= 4 is 22.5 Å². The third-order valence-electron chi connectivity index (χ3n) is 4.33. The van der Waals surface area contributed by atoms with E-state index < -0.39 is 5.97 Å². The first-order valence-electron chi connectivity index (χ1n) is 8.08. The van der Waals surface area contributed by atoms with Crippen molar-refractivity contribution in [2.24, 2.45) is 0 Å². The highest BCUT2D eigenvalue weighted by Gasteiger charge is 2.20. The summed E-state index contributed by atoms with van der Waals surface area (Å²) in [6.07, 6.45) is 5.41. The van der Waals surface area contributed by atoms with Gasteiger partial charge in [0.2, 0.25) is 0 Å². The standard InChI is InChI=1S/C18H16N4O4/c1-11-15(18(24)25-2)16-19-10-13-14(22(16)20-11)6-8-21(17(13)23)7-5-12-4-3-9-26-12/h3-4,6,8-10H,5,7H2,1-2H3. The van der Waals surface area contributed by atoms with Crippen molar-refractivity contribution in [1.82, 2.24) is 19.2 Å². The molecule has 0 radical (unpaired) electrons. The SMILES string of the molecule is COC(=O)c1c(C)nn2c1ncc1c(=O)n(CCc3ccco3)ccc12. The number of nitrogens with zero attached hydrogens (tertiary/aromatic N) is 4. The topological polar surface area (TPSA) is 91.6 Å². The number of ether oxygens (including phenoxy) is 1. The minimum atomic E-state index is -0.504. The van der Waals surface area contributed by atoms with E-state index >= 15 is 0 Å². The van der Waals surface area contributed by atoms with E-state index in [2.05, 4.69) is 10.1 Å². The van der Waals surface area contributed by atoms with Gasteiger partial charge in [-0.15, -0.1) is 0 Å². The second-order valence-corrected chi connectivity index (χ2v) is 5.89. The van der Waals surface area contributed by atoms with Gasteiger partial charge in [-0.25, -0.2) is 14.3 Å². The molecule has 132 valence electrons. The molecule has 0 saturated heterocycles. The number of rotatable bonds is 4. The van der Waals surface area contributed by atoms with Crippen molar-refractivity contribution in [1.29, 1.82) is 0 Å². The maximum absolute atomic E-state index is 12.8. The average molecular weight is 352 g/mol. The summed E-state index contributed by atoms with van der Waals surface area (Å²) in [6, 6.07) is 5.48. The molecule has 0 amide bonds. The molecule has 26 heavy (non-hydrogen) atoms. The van der Waals surface area contributed by atoms with Gasteiger partial charge in [0.15, 0.2) is 5.65 Å². The minimum absolute atomic E-state index is 0.170. The Morgan fingerprint density at radius 3 is 2.92 bits per heavy atom. The minimum Gasteiger partial charge on any atom is -0.469 e. The maximum atomic E-state index is 12.8. The van der Waals surface area contributed by atoms with Crippen LogP contribution >= 0.6 is 0 Å². The van der Waals surface area contributed by atoms with Gasteiger partial charge in [-0.2, -0.15) is 5.10 Å². The van der Waals surface area contributed by atoms with Crippen LogP contribution in [-0.2, 0) is 17.7 Å². The number of aryl methyl sites for hydroxylation is 3. The van der Waals surface area contributed by atoms with Crippen LogP contribution < -0.4 is 5.56 Å². The fourth-order valence-corrected chi connectivity index (χ4v) is 3.02. The Kier molecular flexibility index (Phi) is 3.80. The van der Waals surface area contributed by atoms with E-state index in [1.54, 1.807) is 30.0 Å². The first-order chi connectivity index (χ1) is 12.6. The monoisotopic (exact) mass is 352 g/mol. The van der Waals surface area contributed by atoms with Gasteiger partial charge in [-0.1, -0.05) is 0 Å². The summed E-state index contributed by atoms with van der Waals surface area (Å²) < 4.78 is 13.2. The fraction of sp³-hybridized carbons (Fsp3) is 0.222. The van der Waals surface area contributed by atoms with Gasteiger partial charge >= 0.3 is 5.97 Å². The zero-order valence-corrected chi connectivity index (χ0v) is 14.3. The molecule has 0 aliphatic heterocycles. The third-order valence-corrected chi connectivity index (χ3v) is 4.33. The predicted octanol–water partition coefficient (Wildman–Crippen LogP) is 1.97. The van der Waals surface area contributed by atoms with Crippen molar-refractivity contribution in [2.45, 2.75) is 19.9 Å². The van der Waals surface area contributed by atoms with Crippen LogP contribution in [0.2, 0.25) is 0 Å². The molecule has 0 fully saturated rings. The van der Waals surface area contributed by atoms with Crippen molar-refractivity contribution < 1.29 is 13.9 Å². The molecule has 0 N–H and O–H groups in total. The zero-order valence-electron chi connectivity index (χ0n) is 14.3. The molecule has 0 aliphatic rings. The number of furan rings is 1. The first kappa shape index (κ1) is 16.1. The largest absolute Gasteiger partial charge is 0.469 e. The quantitative estimate of drug-likeness (QED) is 0.522. The number of esters is 1. The highest BCUT2D eigenvalue weighted by atomic mass is 16.5. The molecule has 0 aromatic carbocycles. The summed E-state index contributed by atoms with van der Waals surface area (Å²) in [7, 11) is 1.31. The van der Waals surface area contributed by atoms with Gasteiger partial charge in [0.1, 0.15) is 11.3 Å². The van der Waals surface area contributed by atoms with Crippen molar-refractivity contribution in [3.05, 3.63) is 64.2 Å². The van der Waals surface area contributed by atoms with Crippen LogP contribution in [0.5, 0.6) is 0 Å². The third kappa shape index (κ3) is 2.46. The van der Waals surface area contributed by atoms with Gasteiger partial charge in [0, 0.05) is 25.4 Å². The highest BCUT2D eigenvalue weighted by molar-refractivity contribution is 5.98. The van der Waals surface area contributed by atoms with Crippen LogP contribution in [0.25, 0.3) is 16.6 Å². The lowest BCUT2D eigenvalue weighted by Crippen LogP contribution is -2.21. The van der Waals surface area contributed by atoms with Crippen LogP contribution in [-0.4, -0.2) is 32.2 Å². The number of methoxy groups -OCH3 is 1. The van der Waals surface area contributed by atoms with Crippen LogP contribution in [0.4, 0.5) is 0 Å². The maximum Gasteiger partial charge on any atom is 0.343 e. The smallest absolute Gasteiger partial charge is 0.343 e. The molecule has 4 rings (SSSR count). The second-order valence-electron chi connectivity index (χ2n) is 5.89. The molecule has 8 heteroatoms. The molecule has 4 aromatic rings. The van der Waals surface area contributed by atoms with Gasteiger partial charge < -0.3 is 13.7 Å². The van der Waals surface area contributed by atoms with E-state index in [4.69, 9.17) is 9.15 Å². The molecule has 0 aliphatic carbocycles. The van der Waals surface area contributed by atoms with Gasteiger partial charge in [-0.05, 0) is 25.1 Å². The highest BCUT2D eigenvalue weighted by Crippen LogP contribution is 2.18. The molecular formula is C18H16N4O4. The van der Waals surface area contributed by atoms with Gasteiger partial charge in [-0.3, -0.25) is 4.79 Å². The van der Waals surface area contributed by atoms with Crippen molar-refractivity contribution in [2.75, 3.05) is 7.11 Å². The molecule has 0 saturated carbocycles. The summed E-state index contributed by atoms with van der Waals surface area (Å²) in [6.45, 7) is 2.20. The lowest BCUT2D eigenvalue weighted by atomic mass is 10.2. The number of fused-ring (bicyclic) bond motifs is 3. The normalized spacial score (nSPS) is 11.3. The fourth-order valence-electron chi connectivity index (χ4n) is 3.02. The predicted molar refractivity (Wildman–Crippen MR) is 93.2 cm³/mol. The van der Waals surface area contributed by atoms with Gasteiger partial charge in [0.25, 0.3) is 5.56 Å². The summed E-state index contributed by atoms with van der Waals surface area (Å²) in [5.74, 6) is 0.312. The van der Waals surface area contributed by atoms with Crippen molar-refractivity contribution in [3.8, 4) is 0 Å². The Morgan fingerprint density at radius 1 is 1.35 bits per heavy atom. The van der Waals surface area contributed by atoms with Crippen LogP contribution in [0.3, 0.4) is 0 Å². The van der Waals surface area contributed by atoms with Crippen LogP contribution in [0.15, 0.2) is 46.1 Å². The van der Waals surface area contributed by atoms with Crippen LogP contribution in [0.1, 0.15) is 21.8 Å². The number of carbonyl (C=O) groups is 1. The Labute approximate surface area is 147 Å². The molecule has 0 bridgehead atoms. The molecule has 4 aromatic heterocycles. The number of hydrogen-bond donors (Lipinski definition) is 0. The number of aromatic nitrogens is 4. The van der Waals surface area contributed by atoms with Gasteiger partial charge in [0.05, 0.1) is 30.0 Å². The summed E-state index contributed by atoms with van der Waals surface area (Å²) >= 11 is 0. The molecule has 0 spiro atoms. The second kappa shape index (κ2) is 6.14. The average Bonchev–Trinajstić information content (AvgIpc) is 3.27. The molecule has 8 nitrogen and oxygen atoms in total. The first-order valence-corrected chi connectivity index (χ1v) is 8.08. The Bertz CT molecular complexity index is 1170. The van der Waals surface area contributed by atoms with Crippen LogP contribution in [0, 0.1) is 6.92 Å². The van der Waals surface area contributed by atoms with E-state index in [0.717, 1.165) is 5.76 Å². The van der Waals surface area contributed by atoms with E-state index in [1.807, 2.05) is 12.1 Å². The zero-order chi connectivity index (χ0) is 18.3. The number of hydrogen-bond acceptors (Lipinski definition) is 6. The Morgan fingerprint density at radius 2 is 2.19 bits per heavy atom. The summed E-state index contributed by atoms with van der Waals surface area (Å²) in [5, 5.41) is 4.79. The molecule has 0 unspecified atom stereocenters. The lowest BCUT2D eigenvalue weighted by molar-refractivity contribution is 0.0602. The number of carbonyl (C=O) groups excluding carboxylic acids is 1. The van der Waals surface area contributed by atoms with E-state index in [-0.39, 0.29) is 5.56 Å². The molecular weight excluding hydrogens is 336 g/mol.